The molecule has 1 atom stereocenters. The van der Waals surface area contributed by atoms with Gasteiger partial charge in [0, 0.05) is 6.42 Å². The fraction of sp³-hybridized carbons (Fsp3) is 0.778. The lowest BCUT2D eigenvalue weighted by Gasteiger charge is -2.31. The Labute approximate surface area is 77.9 Å². The van der Waals surface area contributed by atoms with E-state index in [4.69, 9.17) is 5.73 Å². The highest BCUT2D eigenvalue weighted by atomic mass is 16.2. The molecule has 1 aliphatic heterocycles. The van der Waals surface area contributed by atoms with Crippen molar-refractivity contribution in [3.05, 3.63) is 0 Å². The predicted molar refractivity (Wildman–Crippen MR) is 48.8 cm³/mol. The van der Waals surface area contributed by atoms with Crippen LogP contribution in [0, 0.1) is 5.92 Å². The third-order valence-corrected chi connectivity index (χ3v) is 3.05. The number of carbonyl (C=O) groups is 2. The second-order valence-corrected chi connectivity index (χ2v) is 3.57. The Balaban J connectivity index is 2.92. The third kappa shape index (κ3) is 1.53. The fourth-order valence-corrected chi connectivity index (χ4v) is 2.09. The second kappa shape index (κ2) is 3.36. The summed E-state index contributed by atoms with van der Waals surface area (Å²) < 4.78 is 0. The maximum Gasteiger partial charge on any atom is 0.223 e. The molecule has 4 heteroatoms. The van der Waals surface area contributed by atoms with Gasteiger partial charge in [-0.1, -0.05) is 13.8 Å². The van der Waals surface area contributed by atoms with E-state index in [0.29, 0.717) is 0 Å². The van der Waals surface area contributed by atoms with Crippen LogP contribution in [0.1, 0.15) is 33.1 Å². The van der Waals surface area contributed by atoms with Crippen molar-refractivity contribution in [2.75, 3.05) is 0 Å². The molecule has 13 heavy (non-hydrogen) atoms. The van der Waals surface area contributed by atoms with E-state index < -0.39 is 0 Å². The average molecular weight is 184 g/mol. The van der Waals surface area contributed by atoms with Crippen LogP contribution in [0.4, 0.5) is 0 Å². The molecule has 1 heterocycles. The molecule has 0 spiro atoms. The largest absolute Gasteiger partial charge is 0.369 e. The standard InChI is InChI=1S/C9H16N2O2/c1-3-9(4-2)6(8(10)13)5-7(12)11-9/h6H,3-5H2,1-2H3,(H2,10,13)(H,11,12). The van der Waals surface area contributed by atoms with Gasteiger partial charge in [-0.15, -0.1) is 0 Å². The number of primary amides is 1. The summed E-state index contributed by atoms with van der Waals surface area (Å²) in [6, 6.07) is 0. The molecule has 0 saturated carbocycles. The zero-order valence-corrected chi connectivity index (χ0v) is 8.09. The van der Waals surface area contributed by atoms with E-state index in [9.17, 15) is 9.59 Å². The van der Waals surface area contributed by atoms with Crippen LogP contribution in [0.2, 0.25) is 0 Å². The molecular formula is C9H16N2O2. The molecule has 0 radical (unpaired) electrons. The number of carbonyl (C=O) groups excluding carboxylic acids is 2. The Bertz CT molecular complexity index is 234. The van der Waals surface area contributed by atoms with Gasteiger partial charge in [0.15, 0.2) is 0 Å². The number of nitrogens with one attached hydrogen (secondary N) is 1. The van der Waals surface area contributed by atoms with Crippen LogP contribution < -0.4 is 11.1 Å². The van der Waals surface area contributed by atoms with Crippen LogP contribution in [-0.4, -0.2) is 17.4 Å². The minimum absolute atomic E-state index is 0.0625. The van der Waals surface area contributed by atoms with E-state index in [1.165, 1.54) is 0 Å². The third-order valence-electron chi connectivity index (χ3n) is 3.05. The average Bonchev–Trinajstić information content (AvgIpc) is 2.43. The van der Waals surface area contributed by atoms with Gasteiger partial charge in [-0.2, -0.15) is 0 Å². The van der Waals surface area contributed by atoms with Crippen molar-refractivity contribution in [3.8, 4) is 0 Å². The lowest BCUT2D eigenvalue weighted by molar-refractivity contribution is -0.124. The summed E-state index contributed by atoms with van der Waals surface area (Å²) in [5.41, 5.74) is 4.87. The second-order valence-electron chi connectivity index (χ2n) is 3.57. The van der Waals surface area contributed by atoms with Crippen molar-refractivity contribution in [1.29, 1.82) is 0 Å². The van der Waals surface area contributed by atoms with E-state index in [1.54, 1.807) is 0 Å². The van der Waals surface area contributed by atoms with E-state index >= 15 is 0 Å². The summed E-state index contributed by atoms with van der Waals surface area (Å²) in [6.45, 7) is 3.93. The number of hydrogen-bond donors (Lipinski definition) is 2. The first-order valence-corrected chi connectivity index (χ1v) is 4.66. The normalized spacial score (nSPS) is 25.7. The van der Waals surface area contributed by atoms with Gasteiger partial charge in [-0.05, 0) is 12.8 Å². The quantitative estimate of drug-likeness (QED) is 0.656. The molecule has 3 N–H and O–H groups in total. The van der Waals surface area contributed by atoms with Gasteiger partial charge in [0.2, 0.25) is 11.8 Å². The number of rotatable bonds is 3. The van der Waals surface area contributed by atoms with Gasteiger partial charge < -0.3 is 11.1 Å². The van der Waals surface area contributed by atoms with Crippen molar-refractivity contribution < 1.29 is 9.59 Å². The molecule has 1 fully saturated rings. The van der Waals surface area contributed by atoms with Crippen molar-refractivity contribution >= 4 is 11.8 Å². The maximum absolute atomic E-state index is 11.2. The van der Waals surface area contributed by atoms with Gasteiger partial charge >= 0.3 is 0 Å². The van der Waals surface area contributed by atoms with Crippen LogP contribution in [0.5, 0.6) is 0 Å². The summed E-state index contributed by atoms with van der Waals surface area (Å²) in [6.07, 6.45) is 1.75. The van der Waals surface area contributed by atoms with E-state index in [-0.39, 0.29) is 29.7 Å². The van der Waals surface area contributed by atoms with Gasteiger partial charge in [0.05, 0.1) is 11.5 Å². The minimum atomic E-state index is -0.386. The van der Waals surface area contributed by atoms with Gasteiger partial charge in [0.25, 0.3) is 0 Å². The van der Waals surface area contributed by atoms with Crippen LogP contribution in [0.25, 0.3) is 0 Å². The Morgan fingerprint density at radius 2 is 2.15 bits per heavy atom. The Morgan fingerprint density at radius 3 is 2.46 bits per heavy atom. The van der Waals surface area contributed by atoms with Gasteiger partial charge in [-0.25, -0.2) is 0 Å². The van der Waals surface area contributed by atoms with E-state index in [1.807, 2.05) is 13.8 Å². The van der Waals surface area contributed by atoms with Crippen molar-refractivity contribution in [2.24, 2.45) is 11.7 Å². The number of nitrogens with two attached hydrogens (primary N) is 1. The zero-order valence-electron chi connectivity index (χ0n) is 8.09. The van der Waals surface area contributed by atoms with E-state index in [2.05, 4.69) is 5.32 Å². The number of amides is 2. The van der Waals surface area contributed by atoms with Crippen molar-refractivity contribution in [2.45, 2.75) is 38.6 Å². The molecule has 2 amide bonds. The van der Waals surface area contributed by atoms with Crippen LogP contribution in [-0.2, 0) is 9.59 Å². The van der Waals surface area contributed by atoms with Gasteiger partial charge in [-0.3, -0.25) is 9.59 Å². The summed E-state index contributed by atoms with van der Waals surface area (Å²) in [7, 11) is 0. The molecule has 1 saturated heterocycles. The molecule has 4 nitrogen and oxygen atoms in total. The topological polar surface area (TPSA) is 72.2 Å². The number of hydrogen-bond acceptors (Lipinski definition) is 2. The van der Waals surface area contributed by atoms with Crippen molar-refractivity contribution in [1.82, 2.24) is 5.32 Å². The monoisotopic (exact) mass is 184 g/mol. The lowest BCUT2D eigenvalue weighted by Crippen LogP contribution is -2.48. The molecule has 0 aromatic heterocycles. The fourth-order valence-electron chi connectivity index (χ4n) is 2.09. The highest BCUT2D eigenvalue weighted by molar-refractivity contribution is 5.90. The summed E-state index contributed by atoms with van der Waals surface area (Å²) in [5.74, 6) is -0.774. The summed E-state index contributed by atoms with van der Waals surface area (Å²) >= 11 is 0. The van der Waals surface area contributed by atoms with Crippen molar-refractivity contribution in [3.63, 3.8) is 0 Å². The Morgan fingerprint density at radius 1 is 1.62 bits per heavy atom. The molecule has 74 valence electrons. The molecule has 1 aliphatic rings. The molecule has 0 bridgehead atoms. The predicted octanol–water partition coefficient (Wildman–Crippen LogP) is 0.167. The highest BCUT2D eigenvalue weighted by Crippen LogP contribution is 2.32. The molecule has 0 aliphatic carbocycles. The highest BCUT2D eigenvalue weighted by Gasteiger charge is 2.46. The Hall–Kier alpha value is -1.06. The smallest absolute Gasteiger partial charge is 0.223 e. The van der Waals surface area contributed by atoms with Crippen LogP contribution in [0.3, 0.4) is 0 Å². The first-order valence-electron chi connectivity index (χ1n) is 4.66. The SMILES string of the molecule is CCC1(CC)NC(=O)CC1C(N)=O. The first kappa shape index (κ1) is 10.0. The summed E-state index contributed by atoms with van der Waals surface area (Å²) in [4.78, 5) is 22.3. The molecule has 1 rings (SSSR count). The Kier molecular flexibility index (Phi) is 2.59. The van der Waals surface area contributed by atoms with E-state index in [0.717, 1.165) is 12.8 Å². The van der Waals surface area contributed by atoms with Crippen LogP contribution >= 0.6 is 0 Å². The minimum Gasteiger partial charge on any atom is -0.369 e. The molecule has 0 aromatic carbocycles. The van der Waals surface area contributed by atoms with Gasteiger partial charge in [0.1, 0.15) is 0 Å². The molecular weight excluding hydrogens is 168 g/mol. The molecule has 1 unspecified atom stereocenters. The van der Waals surface area contributed by atoms with Crippen LogP contribution in [0.15, 0.2) is 0 Å². The molecule has 0 aromatic rings. The zero-order chi connectivity index (χ0) is 10.1. The maximum atomic E-state index is 11.2. The first-order chi connectivity index (χ1) is 6.05. The summed E-state index contributed by atoms with van der Waals surface area (Å²) in [5, 5.41) is 2.86. The lowest BCUT2D eigenvalue weighted by atomic mass is 9.80.